The molecular formula is C20H16FeN4O. The van der Waals surface area contributed by atoms with Gasteiger partial charge in [-0.3, -0.25) is 0 Å². The molecule has 0 saturated heterocycles. The SMILES string of the molecule is C1=Cc2cc3ccc(cc4ccc(cc5nc(cc1n2)C=C5)[nH]4)[nH]3.O.[Fe]. The second kappa shape index (κ2) is 7.14. The molecule has 2 aliphatic heterocycles. The van der Waals surface area contributed by atoms with E-state index < -0.39 is 0 Å². The van der Waals surface area contributed by atoms with Gasteiger partial charge in [0.05, 0.1) is 22.8 Å². The third-order valence-corrected chi connectivity index (χ3v) is 4.04. The summed E-state index contributed by atoms with van der Waals surface area (Å²) < 4.78 is 0. The van der Waals surface area contributed by atoms with Gasteiger partial charge in [0.2, 0.25) is 0 Å². The largest absolute Gasteiger partial charge is 0.412 e. The standard InChI is InChI=1S/C20H14N4.Fe.H2O/c1-2-14-10-16-5-6-18(23-16)12-20-8-7-19(24-20)11-17-4-3-15(22-17)9-13(1)21-14;;/h1-12,21-22H;;1H2. The minimum absolute atomic E-state index is 0. The fourth-order valence-electron chi connectivity index (χ4n) is 2.94. The van der Waals surface area contributed by atoms with Crippen molar-refractivity contribution in [2.24, 2.45) is 0 Å². The molecule has 5 heterocycles. The van der Waals surface area contributed by atoms with Gasteiger partial charge in [-0.05, 0) is 72.8 Å². The summed E-state index contributed by atoms with van der Waals surface area (Å²) in [6.07, 6.45) is 8.05. The summed E-state index contributed by atoms with van der Waals surface area (Å²) >= 11 is 0. The molecule has 6 heteroatoms. The molecule has 0 aromatic carbocycles. The Kier molecular flexibility index (Phi) is 4.91. The quantitative estimate of drug-likeness (QED) is 0.398. The summed E-state index contributed by atoms with van der Waals surface area (Å²) in [5.74, 6) is 0. The molecule has 3 aromatic heterocycles. The van der Waals surface area contributed by atoms with Crippen molar-refractivity contribution in [1.29, 1.82) is 0 Å². The van der Waals surface area contributed by atoms with Crippen molar-refractivity contribution in [2.45, 2.75) is 0 Å². The minimum Gasteiger partial charge on any atom is -0.412 e. The zero-order valence-electron chi connectivity index (χ0n) is 13.7. The van der Waals surface area contributed by atoms with E-state index in [0.29, 0.717) is 0 Å². The van der Waals surface area contributed by atoms with Crippen LogP contribution in [0.2, 0.25) is 0 Å². The summed E-state index contributed by atoms with van der Waals surface area (Å²) in [6.45, 7) is 0. The van der Waals surface area contributed by atoms with Crippen LogP contribution in [0.5, 0.6) is 0 Å². The first-order chi connectivity index (χ1) is 11.8. The number of nitrogens with one attached hydrogen (secondary N) is 2. The summed E-state index contributed by atoms with van der Waals surface area (Å²) in [5, 5.41) is 0. The van der Waals surface area contributed by atoms with Crippen LogP contribution >= 0.6 is 0 Å². The van der Waals surface area contributed by atoms with Crippen LogP contribution in [-0.2, 0) is 17.1 Å². The third-order valence-electron chi connectivity index (χ3n) is 4.04. The number of nitrogens with zero attached hydrogens (tertiary/aromatic N) is 2. The number of aromatic nitrogens is 4. The maximum absolute atomic E-state index is 4.62. The topological polar surface area (TPSA) is 88.9 Å². The number of hydrogen-bond donors (Lipinski definition) is 2. The molecule has 5 nitrogen and oxygen atoms in total. The molecule has 130 valence electrons. The van der Waals surface area contributed by atoms with Crippen LogP contribution in [0.15, 0.2) is 48.5 Å². The number of aromatic amines is 2. The predicted molar refractivity (Wildman–Crippen MR) is 102 cm³/mol. The first-order valence-electron chi connectivity index (χ1n) is 7.85. The Hall–Kier alpha value is -2.92. The number of hydrogen-bond acceptors (Lipinski definition) is 2. The molecule has 0 fully saturated rings. The molecule has 0 saturated carbocycles. The van der Waals surface area contributed by atoms with Crippen molar-refractivity contribution in [3.63, 3.8) is 0 Å². The van der Waals surface area contributed by atoms with Crippen LogP contribution < -0.4 is 0 Å². The number of fused-ring (bicyclic) bond motifs is 8. The van der Waals surface area contributed by atoms with E-state index in [2.05, 4.69) is 50.3 Å². The minimum atomic E-state index is 0. The maximum Gasteiger partial charge on any atom is 0.0659 e. The van der Waals surface area contributed by atoms with E-state index >= 15 is 0 Å². The molecule has 0 atom stereocenters. The molecular weight excluding hydrogens is 368 g/mol. The average molecular weight is 384 g/mol. The average Bonchev–Trinajstić information content (AvgIpc) is 3.32. The first-order valence-corrected chi connectivity index (χ1v) is 7.85. The normalized spacial score (nSPS) is 11.7. The Bertz CT molecular complexity index is 1080. The zero-order chi connectivity index (χ0) is 15.9. The fraction of sp³-hybridized carbons (Fsp3) is 0. The van der Waals surface area contributed by atoms with Gasteiger partial charge in [0.25, 0.3) is 0 Å². The fourth-order valence-corrected chi connectivity index (χ4v) is 2.94. The van der Waals surface area contributed by atoms with Crippen molar-refractivity contribution < 1.29 is 22.5 Å². The Morgan fingerprint density at radius 1 is 0.500 bits per heavy atom. The van der Waals surface area contributed by atoms with Crippen LogP contribution in [0.4, 0.5) is 0 Å². The van der Waals surface area contributed by atoms with E-state index in [-0.39, 0.29) is 22.5 Å². The third kappa shape index (κ3) is 3.53. The van der Waals surface area contributed by atoms with Crippen molar-refractivity contribution in [3.8, 4) is 0 Å². The molecule has 26 heavy (non-hydrogen) atoms. The molecule has 4 N–H and O–H groups in total. The van der Waals surface area contributed by atoms with Crippen LogP contribution in [0, 0.1) is 0 Å². The van der Waals surface area contributed by atoms with Crippen molar-refractivity contribution in [3.05, 3.63) is 71.3 Å². The first kappa shape index (κ1) is 17.9. The van der Waals surface area contributed by atoms with E-state index in [1.807, 2.05) is 42.5 Å². The van der Waals surface area contributed by atoms with Gasteiger partial charge in [-0.15, -0.1) is 0 Å². The number of rotatable bonds is 0. The molecule has 0 radical (unpaired) electrons. The van der Waals surface area contributed by atoms with E-state index in [0.717, 1.165) is 44.8 Å². The molecule has 8 bridgehead atoms. The van der Waals surface area contributed by atoms with Crippen LogP contribution in [-0.4, -0.2) is 25.4 Å². The van der Waals surface area contributed by atoms with Gasteiger partial charge in [0, 0.05) is 39.1 Å². The second-order valence-electron chi connectivity index (χ2n) is 5.91. The van der Waals surface area contributed by atoms with Crippen LogP contribution in [0.1, 0.15) is 22.8 Å². The Morgan fingerprint density at radius 2 is 0.846 bits per heavy atom. The Morgan fingerprint density at radius 3 is 1.27 bits per heavy atom. The van der Waals surface area contributed by atoms with E-state index in [4.69, 9.17) is 0 Å². The molecule has 5 rings (SSSR count). The van der Waals surface area contributed by atoms with E-state index in [9.17, 15) is 0 Å². The molecule has 0 aliphatic carbocycles. The molecule has 0 amide bonds. The molecule has 0 unspecified atom stereocenters. The van der Waals surface area contributed by atoms with Crippen LogP contribution in [0.25, 0.3) is 46.4 Å². The van der Waals surface area contributed by atoms with Crippen molar-refractivity contribution in [1.82, 2.24) is 19.9 Å². The van der Waals surface area contributed by atoms with E-state index in [1.54, 1.807) is 0 Å². The van der Waals surface area contributed by atoms with Gasteiger partial charge >= 0.3 is 0 Å². The van der Waals surface area contributed by atoms with Crippen LogP contribution in [0.3, 0.4) is 0 Å². The summed E-state index contributed by atoms with van der Waals surface area (Å²) in [5.41, 5.74) is 7.86. The summed E-state index contributed by atoms with van der Waals surface area (Å²) in [4.78, 5) is 16.0. The number of H-pyrrole nitrogens is 2. The molecule has 3 aromatic rings. The van der Waals surface area contributed by atoms with Gasteiger partial charge in [-0.25, -0.2) is 9.97 Å². The van der Waals surface area contributed by atoms with Crippen molar-refractivity contribution >= 4 is 46.4 Å². The van der Waals surface area contributed by atoms with Gasteiger partial charge < -0.3 is 15.4 Å². The molecule has 0 spiro atoms. The predicted octanol–water partition coefficient (Wildman–Crippen LogP) is 3.83. The van der Waals surface area contributed by atoms with Gasteiger partial charge in [-0.2, -0.15) is 0 Å². The summed E-state index contributed by atoms with van der Waals surface area (Å²) in [6, 6.07) is 16.4. The maximum atomic E-state index is 4.62. The Labute approximate surface area is 160 Å². The van der Waals surface area contributed by atoms with Crippen molar-refractivity contribution in [2.75, 3.05) is 0 Å². The van der Waals surface area contributed by atoms with Gasteiger partial charge in [0.1, 0.15) is 0 Å². The van der Waals surface area contributed by atoms with Gasteiger partial charge in [-0.1, -0.05) is 0 Å². The zero-order valence-corrected chi connectivity index (χ0v) is 14.8. The smallest absolute Gasteiger partial charge is 0.0659 e. The van der Waals surface area contributed by atoms with E-state index in [1.165, 1.54) is 0 Å². The molecule has 2 aliphatic rings. The summed E-state index contributed by atoms with van der Waals surface area (Å²) in [7, 11) is 0. The second-order valence-corrected chi connectivity index (χ2v) is 5.91. The Balaban J connectivity index is 0.000000980. The monoisotopic (exact) mass is 384 g/mol. The van der Waals surface area contributed by atoms with Gasteiger partial charge in [0.15, 0.2) is 0 Å².